The second kappa shape index (κ2) is 10.4. The number of benzene rings is 2. The molecule has 1 saturated heterocycles. The smallest absolute Gasteiger partial charge is 0.407 e. The number of rotatable bonds is 9. The molecule has 0 saturated carbocycles. The topological polar surface area (TPSA) is 115 Å². The second-order valence-corrected chi connectivity index (χ2v) is 8.70. The third kappa shape index (κ3) is 7.77. The summed E-state index contributed by atoms with van der Waals surface area (Å²) in [5, 5.41) is 5.59. The average molecular weight is 442 g/mol. The lowest BCUT2D eigenvalue weighted by atomic mass is 10.1. The van der Waals surface area contributed by atoms with E-state index in [1.54, 1.807) is 48.5 Å². The number of hydrogen-bond acceptors (Lipinski definition) is 6. The zero-order valence-corrected chi connectivity index (χ0v) is 18.7. The monoisotopic (exact) mass is 441 g/mol. The fourth-order valence-corrected chi connectivity index (χ4v) is 3.06. The summed E-state index contributed by atoms with van der Waals surface area (Å²) in [6.07, 6.45) is 1.48. The van der Waals surface area contributed by atoms with Gasteiger partial charge >= 0.3 is 6.09 Å². The van der Waals surface area contributed by atoms with E-state index in [9.17, 15) is 9.59 Å². The van der Waals surface area contributed by atoms with Gasteiger partial charge in [-0.15, -0.1) is 0 Å². The minimum atomic E-state index is -0.503. The van der Waals surface area contributed by atoms with Crippen molar-refractivity contribution in [3.8, 4) is 11.5 Å². The highest BCUT2D eigenvalue weighted by atomic mass is 16.6. The predicted octanol–water partition coefficient (Wildman–Crippen LogP) is 4.46. The third-order valence-electron chi connectivity index (χ3n) is 4.66. The Morgan fingerprint density at radius 3 is 2.25 bits per heavy atom. The molecule has 0 aliphatic carbocycles. The molecule has 2 aromatic carbocycles. The molecule has 1 aliphatic rings. The summed E-state index contributed by atoms with van der Waals surface area (Å²) in [6.45, 7) is 6.01. The normalized spacial score (nSPS) is 17.3. The van der Waals surface area contributed by atoms with Crippen molar-refractivity contribution in [1.82, 2.24) is 5.32 Å². The summed E-state index contributed by atoms with van der Waals surface area (Å²) in [7, 11) is 0. The zero-order chi connectivity index (χ0) is 23.1. The number of nitrogens with two attached hydrogens (primary N) is 1. The van der Waals surface area contributed by atoms with Crippen molar-refractivity contribution in [2.75, 3.05) is 17.6 Å². The van der Waals surface area contributed by atoms with Gasteiger partial charge in [-0.2, -0.15) is 0 Å². The highest BCUT2D eigenvalue weighted by molar-refractivity contribution is 5.96. The average Bonchev–Trinajstić information content (AvgIpc) is 3.49. The zero-order valence-electron chi connectivity index (χ0n) is 18.7. The van der Waals surface area contributed by atoms with Gasteiger partial charge in [-0.05, 0) is 88.6 Å². The molecule has 1 heterocycles. The molecule has 32 heavy (non-hydrogen) atoms. The summed E-state index contributed by atoms with van der Waals surface area (Å²) in [4.78, 5) is 23.9. The van der Waals surface area contributed by atoms with Gasteiger partial charge in [0.15, 0.2) is 6.10 Å². The quantitative estimate of drug-likeness (QED) is 0.301. The molecule has 3 rings (SSSR count). The van der Waals surface area contributed by atoms with Crippen LogP contribution in [0.2, 0.25) is 0 Å². The number of anilines is 2. The van der Waals surface area contributed by atoms with E-state index >= 15 is 0 Å². The van der Waals surface area contributed by atoms with Gasteiger partial charge in [0.25, 0.3) is 5.91 Å². The van der Waals surface area contributed by atoms with E-state index in [1.165, 1.54) is 0 Å². The molecule has 0 spiro atoms. The molecule has 4 N–H and O–H groups in total. The van der Waals surface area contributed by atoms with Gasteiger partial charge in [-0.1, -0.05) is 0 Å². The number of epoxide rings is 1. The van der Waals surface area contributed by atoms with Crippen LogP contribution in [0, 0.1) is 0 Å². The van der Waals surface area contributed by atoms with E-state index in [0.29, 0.717) is 29.4 Å². The number of nitrogens with one attached hydrogen (secondary N) is 2. The van der Waals surface area contributed by atoms with Crippen molar-refractivity contribution in [2.45, 2.75) is 57.8 Å². The van der Waals surface area contributed by atoms with E-state index in [2.05, 4.69) is 10.6 Å². The predicted molar refractivity (Wildman–Crippen MR) is 123 cm³/mol. The largest absolute Gasteiger partial charge is 0.457 e. The second-order valence-electron chi connectivity index (χ2n) is 8.70. The van der Waals surface area contributed by atoms with Crippen LogP contribution < -0.4 is 21.1 Å². The van der Waals surface area contributed by atoms with Crippen LogP contribution in [0.25, 0.3) is 0 Å². The first-order chi connectivity index (χ1) is 15.2. The van der Waals surface area contributed by atoms with Crippen molar-refractivity contribution < 1.29 is 23.8 Å². The van der Waals surface area contributed by atoms with Crippen LogP contribution in [0.15, 0.2) is 48.5 Å². The van der Waals surface area contributed by atoms with Crippen LogP contribution in [-0.4, -0.2) is 36.4 Å². The van der Waals surface area contributed by atoms with E-state index in [-0.39, 0.29) is 12.0 Å². The Hall–Kier alpha value is -3.26. The Morgan fingerprint density at radius 1 is 1.00 bits per heavy atom. The van der Waals surface area contributed by atoms with Crippen molar-refractivity contribution in [1.29, 1.82) is 0 Å². The number of hydrogen-bond donors (Lipinski definition) is 3. The van der Waals surface area contributed by atoms with E-state index in [4.69, 9.17) is 19.9 Å². The van der Waals surface area contributed by atoms with Gasteiger partial charge in [-0.25, -0.2) is 4.79 Å². The lowest BCUT2D eigenvalue weighted by molar-refractivity contribution is -0.117. The fourth-order valence-electron chi connectivity index (χ4n) is 3.06. The molecule has 2 amide bonds. The lowest BCUT2D eigenvalue weighted by Crippen LogP contribution is -2.33. The number of alkyl carbamates (subject to hydrolysis) is 1. The summed E-state index contributed by atoms with van der Waals surface area (Å²) in [6, 6.07) is 14.3. The lowest BCUT2D eigenvalue weighted by Gasteiger charge is -2.19. The number of carbonyl (C=O) groups is 2. The Kier molecular flexibility index (Phi) is 7.58. The standard InChI is InChI=1S/C24H31N3O5/c1-24(2,3)32-23(29)26-15-5-4-6-20-21(31-20)22(28)27-17-9-13-19(14-10-17)30-18-11-7-16(25)8-12-18/h7-14,20-21H,4-6,15,25H2,1-3H3,(H,26,29)(H,27,28)/t20-,21+/m1/s1. The number of nitrogen functional groups attached to an aromatic ring is 1. The van der Waals surface area contributed by atoms with Crippen LogP contribution >= 0.6 is 0 Å². The molecule has 2 atom stereocenters. The van der Waals surface area contributed by atoms with Crippen molar-refractivity contribution >= 4 is 23.4 Å². The van der Waals surface area contributed by atoms with Gasteiger partial charge < -0.3 is 30.6 Å². The van der Waals surface area contributed by atoms with Gasteiger partial charge in [-0.3, -0.25) is 4.79 Å². The molecule has 8 nitrogen and oxygen atoms in total. The molecule has 2 aromatic rings. The van der Waals surface area contributed by atoms with Crippen molar-refractivity contribution in [3.63, 3.8) is 0 Å². The molecule has 0 aromatic heterocycles. The minimum absolute atomic E-state index is 0.0790. The van der Waals surface area contributed by atoms with Crippen LogP contribution in [0.1, 0.15) is 40.0 Å². The molecular formula is C24H31N3O5. The Morgan fingerprint density at radius 2 is 1.62 bits per heavy atom. The first-order valence-corrected chi connectivity index (χ1v) is 10.8. The van der Waals surface area contributed by atoms with Crippen LogP contribution in [0.3, 0.4) is 0 Å². The molecule has 172 valence electrons. The summed E-state index contributed by atoms with van der Waals surface area (Å²) < 4.78 is 16.4. The number of ether oxygens (including phenoxy) is 3. The molecule has 1 aliphatic heterocycles. The maximum absolute atomic E-state index is 12.4. The molecule has 0 unspecified atom stereocenters. The van der Waals surface area contributed by atoms with E-state index in [0.717, 1.165) is 19.3 Å². The van der Waals surface area contributed by atoms with Gasteiger partial charge in [0.2, 0.25) is 0 Å². The van der Waals surface area contributed by atoms with E-state index in [1.807, 2.05) is 20.8 Å². The number of carbonyl (C=O) groups excluding carboxylic acids is 2. The van der Waals surface area contributed by atoms with Gasteiger partial charge in [0.05, 0.1) is 6.10 Å². The highest BCUT2D eigenvalue weighted by Gasteiger charge is 2.44. The minimum Gasteiger partial charge on any atom is -0.457 e. The first-order valence-electron chi connectivity index (χ1n) is 10.8. The molecule has 1 fully saturated rings. The summed E-state index contributed by atoms with van der Waals surface area (Å²) >= 11 is 0. The Bertz CT molecular complexity index is 907. The number of amides is 2. The van der Waals surface area contributed by atoms with Crippen LogP contribution in [0.4, 0.5) is 16.2 Å². The SMILES string of the molecule is CC(C)(C)OC(=O)NCCCC[C@H]1O[C@@H]1C(=O)Nc1ccc(Oc2ccc(N)cc2)cc1. The molecule has 8 heteroatoms. The molecule has 0 bridgehead atoms. The highest BCUT2D eigenvalue weighted by Crippen LogP contribution is 2.29. The van der Waals surface area contributed by atoms with E-state index < -0.39 is 17.8 Å². The van der Waals surface area contributed by atoms with Crippen molar-refractivity contribution in [2.24, 2.45) is 0 Å². The van der Waals surface area contributed by atoms with Crippen LogP contribution in [0.5, 0.6) is 11.5 Å². The Balaban J connectivity index is 1.32. The van der Waals surface area contributed by atoms with Crippen LogP contribution in [-0.2, 0) is 14.3 Å². The maximum atomic E-state index is 12.4. The summed E-state index contributed by atoms with van der Waals surface area (Å²) in [5.41, 5.74) is 6.52. The number of unbranched alkanes of at least 4 members (excludes halogenated alkanes) is 1. The molecular weight excluding hydrogens is 410 g/mol. The van der Waals surface area contributed by atoms with Crippen molar-refractivity contribution in [3.05, 3.63) is 48.5 Å². The summed E-state index contributed by atoms with van der Waals surface area (Å²) in [5.74, 6) is 1.19. The van der Waals surface area contributed by atoms with Gasteiger partial charge in [0.1, 0.15) is 17.1 Å². The Labute approximate surface area is 188 Å². The first kappa shape index (κ1) is 23.4. The maximum Gasteiger partial charge on any atom is 0.407 e. The molecule has 0 radical (unpaired) electrons. The third-order valence-corrected chi connectivity index (χ3v) is 4.66. The fraction of sp³-hybridized carbons (Fsp3) is 0.417. The van der Waals surface area contributed by atoms with Gasteiger partial charge in [0, 0.05) is 17.9 Å².